The molecule has 0 aliphatic heterocycles. The molecule has 0 saturated carbocycles. The summed E-state index contributed by atoms with van der Waals surface area (Å²) < 4.78 is 23.4. The van der Waals surface area contributed by atoms with Crippen molar-refractivity contribution < 1.29 is 8.42 Å². The summed E-state index contributed by atoms with van der Waals surface area (Å²) in [5.41, 5.74) is 6.28. The van der Waals surface area contributed by atoms with Crippen molar-refractivity contribution in [3.8, 4) is 0 Å². The molecule has 5 heteroatoms. The maximum Gasteiger partial charge on any atom is 0.177 e. The molecule has 0 atom stereocenters. The molecule has 0 unspecified atom stereocenters. The third kappa shape index (κ3) is 5.20. The molecule has 1 aromatic carbocycles. The lowest BCUT2D eigenvalue weighted by Crippen LogP contribution is -2.24. The lowest BCUT2D eigenvalue weighted by molar-refractivity contribution is 0.350. The Morgan fingerprint density at radius 2 is 1.89 bits per heavy atom. The van der Waals surface area contributed by atoms with Crippen LogP contribution in [0.15, 0.2) is 29.2 Å². The molecule has 0 amide bonds. The highest BCUT2D eigenvalue weighted by Gasteiger charge is 2.19. The summed E-state index contributed by atoms with van der Waals surface area (Å²) in [6, 6.07) is 7.00. The zero-order valence-electron chi connectivity index (χ0n) is 11.9. The Balaban J connectivity index is 2.79. The number of sulfone groups is 1. The summed E-state index contributed by atoms with van der Waals surface area (Å²) in [5.74, 6) is 0. The molecule has 0 heterocycles. The molecule has 0 saturated heterocycles. The third-order valence-corrected chi connectivity index (χ3v) is 4.26. The fraction of sp³-hybridized carbons (Fsp3) is 0.571. The first-order chi connectivity index (χ1) is 8.76. The SMILES string of the molecule is CC(C)(CCCN)CNc1ccccc1S(C)(=O)=O. The summed E-state index contributed by atoms with van der Waals surface area (Å²) in [4.78, 5) is 0.352. The number of hydrogen-bond acceptors (Lipinski definition) is 4. The summed E-state index contributed by atoms with van der Waals surface area (Å²) in [7, 11) is -3.20. The van der Waals surface area contributed by atoms with Gasteiger partial charge in [-0.3, -0.25) is 0 Å². The van der Waals surface area contributed by atoms with Crippen LogP contribution >= 0.6 is 0 Å². The number of hydrogen-bond donors (Lipinski definition) is 2. The molecule has 1 aromatic rings. The highest BCUT2D eigenvalue weighted by Crippen LogP contribution is 2.25. The summed E-state index contributed by atoms with van der Waals surface area (Å²) in [6.07, 6.45) is 3.22. The van der Waals surface area contributed by atoms with E-state index in [-0.39, 0.29) is 5.41 Å². The normalized spacial score (nSPS) is 12.4. The van der Waals surface area contributed by atoms with Gasteiger partial charge >= 0.3 is 0 Å². The molecule has 19 heavy (non-hydrogen) atoms. The third-order valence-electron chi connectivity index (χ3n) is 3.10. The minimum absolute atomic E-state index is 0.0873. The van der Waals surface area contributed by atoms with E-state index in [0.717, 1.165) is 19.4 Å². The first kappa shape index (κ1) is 16.0. The number of anilines is 1. The molecule has 0 spiro atoms. The smallest absolute Gasteiger partial charge is 0.177 e. The number of rotatable bonds is 7. The van der Waals surface area contributed by atoms with Crippen molar-refractivity contribution in [2.24, 2.45) is 11.1 Å². The molecule has 1 rings (SSSR count). The van der Waals surface area contributed by atoms with E-state index >= 15 is 0 Å². The lowest BCUT2D eigenvalue weighted by Gasteiger charge is -2.26. The fourth-order valence-corrected chi connectivity index (χ4v) is 2.80. The van der Waals surface area contributed by atoms with Crippen molar-refractivity contribution in [1.29, 1.82) is 0 Å². The lowest BCUT2D eigenvalue weighted by atomic mass is 9.87. The fourth-order valence-electron chi connectivity index (χ4n) is 1.94. The van der Waals surface area contributed by atoms with Crippen LogP contribution in [0.4, 0.5) is 5.69 Å². The quantitative estimate of drug-likeness (QED) is 0.805. The average Bonchev–Trinajstić information content (AvgIpc) is 2.33. The van der Waals surface area contributed by atoms with Crippen LogP contribution < -0.4 is 11.1 Å². The second-order valence-corrected chi connectivity index (χ2v) is 7.66. The van der Waals surface area contributed by atoms with Gasteiger partial charge in [0, 0.05) is 12.8 Å². The van der Waals surface area contributed by atoms with Gasteiger partial charge in [0.1, 0.15) is 0 Å². The van der Waals surface area contributed by atoms with Gasteiger partial charge in [0.15, 0.2) is 9.84 Å². The van der Waals surface area contributed by atoms with E-state index in [1.807, 2.05) is 6.07 Å². The van der Waals surface area contributed by atoms with Crippen LogP contribution in [0.5, 0.6) is 0 Å². The van der Waals surface area contributed by atoms with Gasteiger partial charge in [0.2, 0.25) is 0 Å². The Kier molecular flexibility index (Phi) is 5.38. The molecule has 4 nitrogen and oxygen atoms in total. The topological polar surface area (TPSA) is 72.2 Å². The predicted octanol–water partition coefficient (Wildman–Crippen LogP) is 2.27. The first-order valence-corrected chi connectivity index (χ1v) is 8.38. The van der Waals surface area contributed by atoms with E-state index in [1.54, 1.807) is 18.2 Å². The van der Waals surface area contributed by atoms with Crippen molar-refractivity contribution in [3.05, 3.63) is 24.3 Å². The van der Waals surface area contributed by atoms with Crippen LogP contribution in [0.2, 0.25) is 0 Å². The maximum atomic E-state index is 11.7. The molecular formula is C14H24N2O2S. The van der Waals surface area contributed by atoms with Gasteiger partial charge in [0.25, 0.3) is 0 Å². The highest BCUT2D eigenvalue weighted by molar-refractivity contribution is 7.90. The van der Waals surface area contributed by atoms with Crippen molar-refractivity contribution in [3.63, 3.8) is 0 Å². The van der Waals surface area contributed by atoms with E-state index in [0.29, 0.717) is 17.1 Å². The van der Waals surface area contributed by atoms with Crippen LogP contribution in [0, 0.1) is 5.41 Å². The number of nitrogens with one attached hydrogen (secondary N) is 1. The second kappa shape index (κ2) is 6.39. The van der Waals surface area contributed by atoms with Crippen molar-refractivity contribution in [1.82, 2.24) is 0 Å². The molecule has 0 fully saturated rings. The minimum atomic E-state index is -3.20. The van der Waals surface area contributed by atoms with Crippen molar-refractivity contribution in [2.45, 2.75) is 31.6 Å². The monoisotopic (exact) mass is 284 g/mol. The number of nitrogens with two attached hydrogens (primary N) is 1. The standard InChI is InChI=1S/C14H24N2O2S/c1-14(2,9-6-10-15)11-16-12-7-4-5-8-13(12)19(3,17)18/h4-5,7-8,16H,6,9-11,15H2,1-3H3. The molecule has 3 N–H and O–H groups in total. The summed E-state index contributed by atoms with van der Waals surface area (Å²) in [5, 5.41) is 3.25. The van der Waals surface area contributed by atoms with Gasteiger partial charge in [-0.05, 0) is 36.9 Å². The van der Waals surface area contributed by atoms with E-state index in [1.165, 1.54) is 6.26 Å². The maximum absolute atomic E-state index is 11.7. The predicted molar refractivity (Wildman–Crippen MR) is 80.1 cm³/mol. The Labute approximate surface area is 116 Å². The largest absolute Gasteiger partial charge is 0.383 e. The average molecular weight is 284 g/mol. The Morgan fingerprint density at radius 1 is 1.26 bits per heavy atom. The van der Waals surface area contributed by atoms with E-state index in [9.17, 15) is 8.42 Å². The van der Waals surface area contributed by atoms with Crippen LogP contribution in [0.1, 0.15) is 26.7 Å². The zero-order valence-corrected chi connectivity index (χ0v) is 12.8. The van der Waals surface area contributed by atoms with Gasteiger partial charge in [-0.25, -0.2) is 8.42 Å². The first-order valence-electron chi connectivity index (χ1n) is 6.49. The Hall–Kier alpha value is -1.07. The molecule has 0 bridgehead atoms. The van der Waals surface area contributed by atoms with Gasteiger partial charge in [-0.15, -0.1) is 0 Å². The van der Waals surface area contributed by atoms with E-state index in [4.69, 9.17) is 5.73 Å². The molecule has 108 valence electrons. The molecule has 0 radical (unpaired) electrons. The molecule has 0 aliphatic carbocycles. The number of benzene rings is 1. The number of para-hydroxylation sites is 1. The van der Waals surface area contributed by atoms with Crippen LogP contribution in [-0.4, -0.2) is 27.8 Å². The van der Waals surface area contributed by atoms with Crippen LogP contribution in [0.25, 0.3) is 0 Å². The van der Waals surface area contributed by atoms with Gasteiger partial charge in [-0.1, -0.05) is 26.0 Å². The van der Waals surface area contributed by atoms with E-state index < -0.39 is 9.84 Å². The minimum Gasteiger partial charge on any atom is -0.383 e. The highest BCUT2D eigenvalue weighted by atomic mass is 32.2. The van der Waals surface area contributed by atoms with Gasteiger partial charge in [0.05, 0.1) is 10.6 Å². The van der Waals surface area contributed by atoms with Crippen LogP contribution in [-0.2, 0) is 9.84 Å². The second-order valence-electron chi connectivity index (χ2n) is 5.68. The Morgan fingerprint density at radius 3 is 2.47 bits per heavy atom. The van der Waals surface area contributed by atoms with E-state index in [2.05, 4.69) is 19.2 Å². The molecular weight excluding hydrogens is 260 g/mol. The van der Waals surface area contributed by atoms with Crippen molar-refractivity contribution >= 4 is 15.5 Å². The van der Waals surface area contributed by atoms with Gasteiger partial charge in [-0.2, -0.15) is 0 Å². The summed E-state index contributed by atoms with van der Waals surface area (Å²) in [6.45, 7) is 5.71. The zero-order chi connectivity index (χ0) is 14.5. The van der Waals surface area contributed by atoms with Crippen LogP contribution in [0.3, 0.4) is 0 Å². The summed E-state index contributed by atoms with van der Waals surface area (Å²) >= 11 is 0. The Bertz CT molecular complexity index is 510. The molecule has 0 aliphatic rings. The van der Waals surface area contributed by atoms with Gasteiger partial charge < -0.3 is 11.1 Å². The molecule has 0 aromatic heterocycles. The van der Waals surface area contributed by atoms with Crippen molar-refractivity contribution in [2.75, 3.05) is 24.7 Å².